The third-order valence-corrected chi connectivity index (χ3v) is 7.27. The Kier molecular flexibility index (Phi) is 16.0. The largest absolute Gasteiger partial charge is 0.493 e. The summed E-state index contributed by atoms with van der Waals surface area (Å²) in [6.45, 7) is 5.34. The Bertz CT molecular complexity index is 814. The van der Waals surface area contributed by atoms with Gasteiger partial charge < -0.3 is 35.6 Å². The molecule has 9 nitrogen and oxygen atoms in total. The third kappa shape index (κ3) is 13.3. The molecule has 2 aromatic heterocycles. The minimum absolute atomic E-state index is 0.149. The fourth-order valence-electron chi connectivity index (χ4n) is 3.02. The third-order valence-electron chi connectivity index (χ3n) is 4.60. The normalized spacial score (nSPS) is 11.1. The summed E-state index contributed by atoms with van der Waals surface area (Å²) in [7, 11) is 3.72. The molecule has 0 saturated carbocycles. The van der Waals surface area contributed by atoms with Crippen LogP contribution in [0.4, 0.5) is 0 Å². The van der Waals surface area contributed by atoms with Crippen LogP contribution < -0.4 is 15.2 Å². The van der Waals surface area contributed by atoms with Gasteiger partial charge in [0.05, 0.1) is 55.8 Å². The van der Waals surface area contributed by atoms with E-state index in [1.807, 2.05) is 21.6 Å². The number of nitrogens with two attached hydrogens (primary N) is 1. The zero-order valence-electron chi connectivity index (χ0n) is 20.8. The lowest BCUT2D eigenvalue weighted by molar-refractivity contribution is 0.260. The number of nitrogens with zero attached hydrogens (tertiary/aromatic N) is 2. The summed E-state index contributed by atoms with van der Waals surface area (Å²) >= 11 is 0. The van der Waals surface area contributed by atoms with E-state index in [-0.39, 0.29) is 26.4 Å². The van der Waals surface area contributed by atoms with Gasteiger partial charge in [0.1, 0.15) is 18.1 Å². The molecule has 2 heterocycles. The highest BCUT2D eigenvalue weighted by atomic mass is 33.1. The van der Waals surface area contributed by atoms with E-state index in [1.54, 1.807) is 24.3 Å². The van der Waals surface area contributed by atoms with E-state index in [0.717, 1.165) is 19.3 Å². The van der Waals surface area contributed by atoms with Crippen molar-refractivity contribution in [2.45, 2.75) is 64.3 Å². The topological polar surface area (TPSA) is 151 Å². The maximum absolute atomic E-state index is 9.13. The van der Waals surface area contributed by atoms with E-state index in [4.69, 9.17) is 35.6 Å². The molecule has 0 bridgehead atoms. The summed E-state index contributed by atoms with van der Waals surface area (Å²) in [5, 5.41) is 36.0. The quantitative estimate of drug-likeness (QED) is 0.171. The molecule has 0 aliphatic rings. The van der Waals surface area contributed by atoms with Gasteiger partial charge in [0.15, 0.2) is 0 Å². The van der Waals surface area contributed by atoms with E-state index in [1.165, 1.54) is 0 Å². The molecule has 0 aromatic carbocycles. The Morgan fingerprint density at radius 1 is 0.771 bits per heavy atom. The number of aliphatic hydroxyl groups is 4. The first-order chi connectivity index (χ1) is 16.8. The molecule has 0 aliphatic carbocycles. The van der Waals surface area contributed by atoms with E-state index in [0.29, 0.717) is 58.8 Å². The molecule has 0 saturated heterocycles. The minimum atomic E-state index is -0.174. The number of unbranched alkanes of at least 4 members (excludes halogenated alkanes) is 1. The van der Waals surface area contributed by atoms with Crippen molar-refractivity contribution in [2.75, 3.05) is 26.0 Å². The Hall–Kier alpha value is -1.60. The van der Waals surface area contributed by atoms with Gasteiger partial charge in [-0.1, -0.05) is 21.6 Å². The monoisotopic (exact) mass is 529 g/mol. The molecular formula is C24H39N3O6S2. The first-order valence-corrected chi connectivity index (χ1v) is 14.0. The molecule has 2 aromatic rings. The number of rotatable bonds is 15. The average molecular weight is 530 g/mol. The Balaban J connectivity index is 0.000000379. The Labute approximate surface area is 215 Å². The first-order valence-electron chi connectivity index (χ1n) is 11.4. The lowest BCUT2D eigenvalue weighted by atomic mass is 10.1. The van der Waals surface area contributed by atoms with Crippen LogP contribution in [0, 0.1) is 0 Å². The number of hydrogen-bond acceptors (Lipinski definition) is 11. The maximum Gasteiger partial charge on any atom is 0.123 e. The first kappa shape index (κ1) is 31.4. The van der Waals surface area contributed by atoms with E-state index >= 15 is 0 Å². The molecular weight excluding hydrogens is 490 g/mol. The molecule has 0 atom stereocenters. The van der Waals surface area contributed by atoms with Crippen molar-refractivity contribution in [1.29, 1.82) is 0 Å². The molecule has 0 aliphatic heterocycles. The van der Waals surface area contributed by atoms with Gasteiger partial charge in [-0.25, -0.2) is 0 Å². The molecule has 0 unspecified atom stereocenters. The van der Waals surface area contributed by atoms with Crippen molar-refractivity contribution >= 4 is 21.6 Å². The predicted molar refractivity (Wildman–Crippen MR) is 141 cm³/mol. The molecule has 0 amide bonds. The molecule has 11 heteroatoms. The molecule has 0 spiro atoms. The van der Waals surface area contributed by atoms with Crippen LogP contribution in [0.5, 0.6) is 11.5 Å². The van der Waals surface area contributed by atoms with Crippen LogP contribution in [0.1, 0.15) is 55.9 Å². The van der Waals surface area contributed by atoms with Crippen molar-refractivity contribution in [3.05, 3.63) is 47.0 Å². The number of hydrogen-bond donors (Lipinski definition) is 5. The maximum atomic E-state index is 9.13. The summed E-state index contributed by atoms with van der Waals surface area (Å²) < 4.78 is 11.2. The van der Waals surface area contributed by atoms with Crippen molar-refractivity contribution in [1.82, 2.24) is 9.97 Å². The number of pyridine rings is 2. The smallest absolute Gasteiger partial charge is 0.123 e. The van der Waals surface area contributed by atoms with E-state index in [2.05, 4.69) is 30.1 Å². The minimum Gasteiger partial charge on any atom is -0.493 e. The van der Waals surface area contributed by atoms with Gasteiger partial charge in [-0.2, -0.15) is 0 Å². The lowest BCUT2D eigenvalue weighted by Crippen LogP contribution is -2.13. The molecule has 198 valence electrons. The van der Waals surface area contributed by atoms with Crippen molar-refractivity contribution in [3.8, 4) is 11.5 Å². The molecule has 6 N–H and O–H groups in total. The van der Waals surface area contributed by atoms with Crippen molar-refractivity contribution in [2.24, 2.45) is 5.73 Å². The van der Waals surface area contributed by atoms with Crippen LogP contribution >= 0.6 is 21.6 Å². The van der Waals surface area contributed by atoms with Gasteiger partial charge in [0.25, 0.3) is 0 Å². The Morgan fingerprint density at radius 3 is 1.57 bits per heavy atom. The summed E-state index contributed by atoms with van der Waals surface area (Å²) in [6, 6.07) is 6.67. The predicted octanol–water partition coefficient (Wildman–Crippen LogP) is 2.81. The van der Waals surface area contributed by atoms with E-state index in [9.17, 15) is 0 Å². The van der Waals surface area contributed by atoms with Crippen molar-refractivity contribution < 1.29 is 29.9 Å². The van der Waals surface area contributed by atoms with Gasteiger partial charge in [-0.05, 0) is 39.4 Å². The van der Waals surface area contributed by atoms with E-state index < -0.39 is 0 Å². The summed E-state index contributed by atoms with van der Waals surface area (Å²) in [4.78, 5) is 8.05. The van der Waals surface area contributed by atoms with Crippen LogP contribution in [0.25, 0.3) is 0 Å². The summed E-state index contributed by atoms with van der Waals surface area (Å²) in [5.74, 6) is 1.23. The number of aromatic nitrogens is 2. The molecule has 0 radical (unpaired) electrons. The Morgan fingerprint density at radius 2 is 1.20 bits per heavy atom. The second kappa shape index (κ2) is 17.8. The highest BCUT2D eigenvalue weighted by Gasteiger charge is 2.17. The fourth-order valence-corrected chi connectivity index (χ4v) is 5.30. The second-order valence-electron chi connectivity index (χ2n) is 8.16. The molecule has 2 rings (SSSR count). The number of ether oxygens (including phenoxy) is 2. The summed E-state index contributed by atoms with van der Waals surface area (Å²) in [5.41, 5.74) is 7.27. The van der Waals surface area contributed by atoms with Crippen LogP contribution in [-0.4, -0.2) is 61.2 Å². The molecule has 35 heavy (non-hydrogen) atoms. The lowest BCUT2D eigenvalue weighted by Gasteiger charge is -2.22. The molecule has 0 fully saturated rings. The van der Waals surface area contributed by atoms with Crippen LogP contribution in [0.3, 0.4) is 0 Å². The van der Waals surface area contributed by atoms with Gasteiger partial charge in [0.2, 0.25) is 0 Å². The summed E-state index contributed by atoms with van der Waals surface area (Å²) in [6.07, 6.45) is 5.37. The highest BCUT2D eigenvalue weighted by Crippen LogP contribution is 2.37. The van der Waals surface area contributed by atoms with Gasteiger partial charge in [-0.15, -0.1) is 0 Å². The van der Waals surface area contributed by atoms with Crippen LogP contribution in [0.15, 0.2) is 24.3 Å². The zero-order chi connectivity index (χ0) is 26.1. The number of aliphatic hydroxyl groups excluding tert-OH is 4. The van der Waals surface area contributed by atoms with Gasteiger partial charge in [-0.3, -0.25) is 9.97 Å². The SMILES string of the molecule is CSSC(C)(C)CCCCOc1cc(CO)nc(CO)c1.NCCOc1cc(CO)nc(CO)c1. The zero-order valence-corrected chi connectivity index (χ0v) is 22.4. The standard InChI is InChI=1S/C15H25NO3S2.C9H14N2O3/c1-15(2,21-20-3)6-4-5-7-19-14-8-12(10-17)16-13(9-14)11-18;10-1-2-14-9-3-7(5-12)11-8(4-9)6-13/h8-9,17-18H,4-7,10-11H2,1-3H3;3-4,12-13H,1-2,5-6,10H2. The highest BCUT2D eigenvalue weighted by molar-refractivity contribution is 8.76. The second-order valence-corrected chi connectivity index (χ2v) is 11.3. The fraction of sp³-hybridized carbons (Fsp3) is 0.583. The van der Waals surface area contributed by atoms with Gasteiger partial charge in [0, 0.05) is 35.6 Å². The van der Waals surface area contributed by atoms with Crippen LogP contribution in [-0.2, 0) is 26.4 Å². The van der Waals surface area contributed by atoms with Crippen molar-refractivity contribution in [3.63, 3.8) is 0 Å². The van der Waals surface area contributed by atoms with Crippen LogP contribution in [0.2, 0.25) is 0 Å². The average Bonchev–Trinajstić information content (AvgIpc) is 2.86. The van der Waals surface area contributed by atoms with Gasteiger partial charge >= 0.3 is 0 Å².